The monoisotopic (exact) mass is 346 g/mol. The van der Waals surface area contributed by atoms with E-state index >= 15 is 0 Å². The molecule has 9 heteroatoms. The third-order valence-electron chi connectivity index (χ3n) is 2.62. The molecule has 0 radical (unpaired) electrons. The van der Waals surface area contributed by atoms with E-state index in [1.807, 2.05) is 0 Å². The minimum Gasteiger partial charge on any atom is -0.446 e. The summed E-state index contributed by atoms with van der Waals surface area (Å²) in [7, 11) is -4.06. The van der Waals surface area contributed by atoms with Crippen molar-refractivity contribution in [3.8, 4) is 6.07 Å². The second kappa shape index (κ2) is 7.56. The highest BCUT2D eigenvalue weighted by molar-refractivity contribution is 7.89. The number of benzene rings is 1. The van der Waals surface area contributed by atoms with Gasteiger partial charge in [0.2, 0.25) is 10.0 Å². The van der Waals surface area contributed by atoms with E-state index < -0.39 is 34.2 Å². The van der Waals surface area contributed by atoms with Gasteiger partial charge in [0, 0.05) is 5.02 Å². The number of ether oxygens (including phenoxy) is 1. The van der Waals surface area contributed by atoms with Crippen LogP contribution < -0.4 is 4.72 Å². The summed E-state index contributed by atoms with van der Waals surface area (Å²) in [5, 5.41) is 18.5. The smallest absolute Gasteiger partial charge is 0.328 e. The Hall–Kier alpha value is -1.66. The first kappa shape index (κ1) is 18.4. The molecule has 1 rings (SSSR count). The van der Waals surface area contributed by atoms with Crippen LogP contribution in [0.1, 0.15) is 13.8 Å². The zero-order valence-corrected chi connectivity index (χ0v) is 13.4. The van der Waals surface area contributed by atoms with E-state index in [1.165, 1.54) is 38.1 Å². The Labute approximate surface area is 133 Å². The van der Waals surface area contributed by atoms with Crippen LogP contribution in [0.3, 0.4) is 0 Å². The Bertz CT molecular complexity index is 667. The molecule has 7 nitrogen and oxygen atoms in total. The molecule has 0 bridgehead atoms. The van der Waals surface area contributed by atoms with Crippen molar-refractivity contribution >= 4 is 27.6 Å². The zero-order chi connectivity index (χ0) is 16.9. The maximum Gasteiger partial charge on any atom is 0.328 e. The minimum absolute atomic E-state index is 0.122. The Morgan fingerprint density at radius 3 is 2.36 bits per heavy atom. The van der Waals surface area contributed by atoms with E-state index in [1.54, 1.807) is 6.07 Å². The third-order valence-corrected chi connectivity index (χ3v) is 4.33. The van der Waals surface area contributed by atoms with Crippen molar-refractivity contribution in [3.63, 3.8) is 0 Å². The Kier molecular flexibility index (Phi) is 6.32. The van der Waals surface area contributed by atoms with E-state index in [0.29, 0.717) is 5.02 Å². The van der Waals surface area contributed by atoms with Crippen LogP contribution in [0.15, 0.2) is 29.2 Å². The van der Waals surface area contributed by atoms with Crippen molar-refractivity contribution < 1.29 is 23.1 Å². The van der Waals surface area contributed by atoms with Gasteiger partial charge in [0.25, 0.3) is 0 Å². The second-order valence-electron chi connectivity index (χ2n) is 4.50. The average Bonchev–Trinajstić information content (AvgIpc) is 2.44. The molecule has 0 fully saturated rings. The third kappa shape index (κ3) is 4.96. The molecule has 0 amide bonds. The van der Waals surface area contributed by atoms with Crippen LogP contribution in [0.5, 0.6) is 0 Å². The lowest BCUT2D eigenvalue weighted by Crippen LogP contribution is -2.49. The molecule has 0 unspecified atom stereocenters. The molecule has 1 aromatic carbocycles. The Morgan fingerprint density at radius 2 is 1.91 bits per heavy atom. The van der Waals surface area contributed by atoms with Crippen LogP contribution in [0.2, 0.25) is 5.02 Å². The van der Waals surface area contributed by atoms with Crippen molar-refractivity contribution in [2.24, 2.45) is 0 Å². The molecule has 0 aliphatic heterocycles. The van der Waals surface area contributed by atoms with Gasteiger partial charge in [-0.3, -0.25) is 4.79 Å². The topological polar surface area (TPSA) is 116 Å². The predicted octanol–water partition coefficient (Wildman–Crippen LogP) is 0.823. The molecule has 0 spiro atoms. The molecule has 120 valence electrons. The highest BCUT2D eigenvalue weighted by Gasteiger charge is 2.31. The molecule has 0 aliphatic rings. The van der Waals surface area contributed by atoms with Crippen LogP contribution in [-0.4, -0.2) is 37.7 Å². The highest BCUT2D eigenvalue weighted by Crippen LogP contribution is 2.15. The molecule has 0 aromatic heterocycles. The van der Waals surface area contributed by atoms with Gasteiger partial charge in [0.1, 0.15) is 12.1 Å². The lowest BCUT2D eigenvalue weighted by Gasteiger charge is -2.20. The molecule has 0 saturated carbocycles. The quantitative estimate of drug-likeness (QED) is 0.737. The van der Waals surface area contributed by atoms with Crippen LogP contribution in [0.25, 0.3) is 0 Å². The first-order chi connectivity index (χ1) is 10.2. The normalized spacial score (nSPS) is 15.4. The van der Waals surface area contributed by atoms with E-state index in [0.717, 1.165) is 0 Å². The molecule has 0 heterocycles. The number of halogens is 1. The summed E-state index contributed by atoms with van der Waals surface area (Å²) in [6, 6.07) is 5.41. The maximum atomic E-state index is 12.2. The number of carbonyl (C=O) groups is 1. The number of rotatable bonds is 6. The lowest BCUT2D eigenvalue weighted by molar-refractivity contribution is -0.150. The fourth-order valence-electron chi connectivity index (χ4n) is 1.47. The standard InChI is InChI=1S/C13H15ClN2O5S/c1-8(7-15)21-13(18)12(9(2)17)16-22(19,20)11-5-3-10(14)4-6-11/h3-6,8-9,12,16-17H,1-2H3/t8-,9+,12-/m0/s1. The summed E-state index contributed by atoms with van der Waals surface area (Å²) >= 11 is 5.68. The van der Waals surface area contributed by atoms with Gasteiger partial charge in [-0.1, -0.05) is 11.6 Å². The molecule has 1 aromatic rings. The van der Waals surface area contributed by atoms with E-state index in [4.69, 9.17) is 21.6 Å². The molecule has 0 saturated heterocycles. The van der Waals surface area contributed by atoms with Crippen LogP contribution >= 0.6 is 11.6 Å². The van der Waals surface area contributed by atoms with Gasteiger partial charge in [0.15, 0.2) is 6.10 Å². The molecule has 2 N–H and O–H groups in total. The zero-order valence-electron chi connectivity index (χ0n) is 11.9. The number of aliphatic hydroxyl groups excluding tert-OH is 1. The number of aliphatic hydroxyl groups is 1. The number of esters is 1. The number of hydrogen-bond donors (Lipinski definition) is 2. The number of nitrogens with one attached hydrogen (secondary N) is 1. The average molecular weight is 347 g/mol. The molecule has 0 aliphatic carbocycles. The summed E-state index contributed by atoms with van der Waals surface area (Å²) in [6.07, 6.45) is -2.41. The van der Waals surface area contributed by atoms with Crippen molar-refractivity contribution in [2.45, 2.75) is 37.0 Å². The summed E-state index contributed by atoms with van der Waals surface area (Å²) in [5.74, 6) is -1.04. The fraction of sp³-hybridized carbons (Fsp3) is 0.385. The summed E-state index contributed by atoms with van der Waals surface area (Å²) in [4.78, 5) is 11.7. The van der Waals surface area contributed by atoms with E-state index in [9.17, 15) is 18.3 Å². The summed E-state index contributed by atoms with van der Waals surface area (Å²) in [5.41, 5.74) is 0. The van der Waals surface area contributed by atoms with Gasteiger partial charge in [-0.25, -0.2) is 8.42 Å². The van der Waals surface area contributed by atoms with Crippen LogP contribution in [0.4, 0.5) is 0 Å². The van der Waals surface area contributed by atoms with Gasteiger partial charge >= 0.3 is 5.97 Å². The van der Waals surface area contributed by atoms with Crippen LogP contribution in [-0.2, 0) is 19.6 Å². The van der Waals surface area contributed by atoms with Crippen molar-refractivity contribution in [1.82, 2.24) is 4.72 Å². The van der Waals surface area contributed by atoms with Gasteiger partial charge in [-0.05, 0) is 38.1 Å². The largest absolute Gasteiger partial charge is 0.446 e. The van der Waals surface area contributed by atoms with Gasteiger partial charge in [-0.2, -0.15) is 9.98 Å². The SMILES string of the molecule is C[C@@H](C#N)OC(=O)[C@@H](NS(=O)(=O)c1ccc(Cl)cc1)[C@@H](C)O. The summed E-state index contributed by atoms with van der Waals surface area (Å²) in [6.45, 7) is 2.55. The van der Waals surface area contributed by atoms with Gasteiger partial charge in [-0.15, -0.1) is 0 Å². The Morgan fingerprint density at radius 1 is 1.36 bits per heavy atom. The second-order valence-corrected chi connectivity index (χ2v) is 6.65. The number of hydrogen-bond acceptors (Lipinski definition) is 6. The number of carbonyl (C=O) groups excluding carboxylic acids is 1. The molecular weight excluding hydrogens is 332 g/mol. The van der Waals surface area contributed by atoms with Crippen molar-refractivity contribution in [1.29, 1.82) is 5.26 Å². The van der Waals surface area contributed by atoms with E-state index in [2.05, 4.69) is 4.72 Å². The lowest BCUT2D eigenvalue weighted by atomic mass is 10.2. The van der Waals surface area contributed by atoms with Crippen LogP contribution in [0, 0.1) is 11.3 Å². The molecule has 22 heavy (non-hydrogen) atoms. The molecule has 3 atom stereocenters. The van der Waals surface area contributed by atoms with Crippen molar-refractivity contribution in [3.05, 3.63) is 29.3 Å². The minimum atomic E-state index is -4.06. The van der Waals surface area contributed by atoms with Gasteiger partial charge in [0.05, 0.1) is 11.0 Å². The predicted molar refractivity (Wildman–Crippen MR) is 78.4 cm³/mol. The fourth-order valence-corrected chi connectivity index (χ4v) is 2.85. The number of sulfonamides is 1. The number of nitrogens with zero attached hydrogens (tertiary/aromatic N) is 1. The van der Waals surface area contributed by atoms with E-state index in [-0.39, 0.29) is 4.90 Å². The first-order valence-electron chi connectivity index (χ1n) is 6.23. The number of nitriles is 1. The Balaban J connectivity index is 2.97. The summed E-state index contributed by atoms with van der Waals surface area (Å²) < 4.78 is 31.1. The maximum absolute atomic E-state index is 12.2. The first-order valence-corrected chi connectivity index (χ1v) is 8.09. The highest BCUT2D eigenvalue weighted by atomic mass is 35.5. The van der Waals surface area contributed by atoms with Gasteiger partial charge < -0.3 is 9.84 Å². The molecular formula is C13H15ClN2O5S. The van der Waals surface area contributed by atoms with Crippen molar-refractivity contribution in [2.75, 3.05) is 0 Å².